The molecule has 7 heteroatoms. The van der Waals surface area contributed by atoms with E-state index in [-0.39, 0.29) is 11.8 Å². The highest BCUT2D eigenvalue weighted by molar-refractivity contribution is 5.95. The van der Waals surface area contributed by atoms with Crippen molar-refractivity contribution < 1.29 is 18.0 Å². The Labute approximate surface area is 168 Å². The number of amides is 1. The molecule has 3 rings (SSSR count). The van der Waals surface area contributed by atoms with Gasteiger partial charge in [-0.2, -0.15) is 13.2 Å². The molecule has 0 aliphatic heterocycles. The normalized spacial score (nSPS) is 15.0. The standard InChI is InChI=1S/C22H26F3N3O/c1-14(2)18-11-20(28-17-9-5-8-16(10-17)22(23,24)25)26-13-19(18)21(29)27-12-15-6-3-4-7-15/h5,8-11,13-15H,3-4,6-7,12H2,1-2H3,(H,26,28)(H,27,29). The van der Waals surface area contributed by atoms with Gasteiger partial charge in [0.25, 0.3) is 5.91 Å². The van der Waals surface area contributed by atoms with Crippen molar-refractivity contribution in [3.05, 3.63) is 53.2 Å². The minimum Gasteiger partial charge on any atom is -0.352 e. The van der Waals surface area contributed by atoms with E-state index in [9.17, 15) is 18.0 Å². The van der Waals surface area contributed by atoms with E-state index in [1.54, 1.807) is 12.1 Å². The Balaban J connectivity index is 1.76. The number of halogens is 3. The van der Waals surface area contributed by atoms with Crippen LogP contribution >= 0.6 is 0 Å². The molecule has 156 valence electrons. The number of carbonyl (C=O) groups is 1. The van der Waals surface area contributed by atoms with Gasteiger partial charge in [0.1, 0.15) is 5.82 Å². The highest BCUT2D eigenvalue weighted by Gasteiger charge is 2.30. The van der Waals surface area contributed by atoms with Crippen LogP contribution in [0.1, 0.15) is 66.9 Å². The molecule has 1 aliphatic carbocycles. The predicted molar refractivity (Wildman–Crippen MR) is 107 cm³/mol. The fourth-order valence-electron chi connectivity index (χ4n) is 3.67. The Morgan fingerprint density at radius 3 is 2.59 bits per heavy atom. The van der Waals surface area contributed by atoms with Crippen molar-refractivity contribution in [1.29, 1.82) is 0 Å². The Kier molecular flexibility index (Phi) is 6.45. The fraction of sp³-hybridized carbons (Fsp3) is 0.455. The smallest absolute Gasteiger partial charge is 0.352 e. The van der Waals surface area contributed by atoms with Gasteiger partial charge >= 0.3 is 6.18 Å². The first kappa shape index (κ1) is 21.1. The molecule has 0 spiro atoms. The summed E-state index contributed by atoms with van der Waals surface area (Å²) < 4.78 is 38.7. The van der Waals surface area contributed by atoms with Crippen molar-refractivity contribution in [2.45, 2.75) is 51.6 Å². The number of hydrogen-bond donors (Lipinski definition) is 2. The first-order chi connectivity index (χ1) is 13.7. The van der Waals surface area contributed by atoms with Crippen molar-refractivity contribution in [3.8, 4) is 0 Å². The minimum atomic E-state index is -4.41. The molecular formula is C22H26F3N3O. The molecule has 0 unspecified atom stereocenters. The van der Waals surface area contributed by atoms with Gasteiger partial charge < -0.3 is 10.6 Å². The molecule has 2 aromatic rings. The van der Waals surface area contributed by atoms with Crippen LogP contribution in [0.5, 0.6) is 0 Å². The molecule has 1 fully saturated rings. The first-order valence-corrected chi connectivity index (χ1v) is 9.96. The van der Waals surface area contributed by atoms with E-state index in [0.717, 1.165) is 30.5 Å². The lowest BCUT2D eigenvalue weighted by molar-refractivity contribution is -0.137. The van der Waals surface area contributed by atoms with Crippen LogP contribution in [0.3, 0.4) is 0 Å². The summed E-state index contributed by atoms with van der Waals surface area (Å²) in [7, 11) is 0. The van der Waals surface area contributed by atoms with E-state index in [2.05, 4.69) is 15.6 Å². The molecule has 1 heterocycles. The van der Waals surface area contributed by atoms with Gasteiger partial charge in [-0.3, -0.25) is 4.79 Å². The third-order valence-corrected chi connectivity index (χ3v) is 5.29. The average molecular weight is 405 g/mol. The zero-order chi connectivity index (χ0) is 21.0. The van der Waals surface area contributed by atoms with Crippen LogP contribution in [0.25, 0.3) is 0 Å². The predicted octanol–water partition coefficient (Wildman–Crippen LogP) is 5.89. The molecule has 29 heavy (non-hydrogen) atoms. The largest absolute Gasteiger partial charge is 0.416 e. The second kappa shape index (κ2) is 8.84. The Morgan fingerprint density at radius 1 is 1.21 bits per heavy atom. The van der Waals surface area contributed by atoms with Gasteiger partial charge in [0.2, 0.25) is 0 Å². The number of rotatable bonds is 6. The zero-order valence-electron chi connectivity index (χ0n) is 16.6. The van der Waals surface area contributed by atoms with Gasteiger partial charge in [-0.15, -0.1) is 0 Å². The lowest BCUT2D eigenvalue weighted by atomic mass is 9.98. The van der Waals surface area contributed by atoms with Crippen LogP contribution in [-0.4, -0.2) is 17.4 Å². The van der Waals surface area contributed by atoms with Crippen molar-refractivity contribution in [2.75, 3.05) is 11.9 Å². The zero-order valence-corrected chi connectivity index (χ0v) is 16.6. The second-order valence-electron chi connectivity index (χ2n) is 7.88. The SMILES string of the molecule is CC(C)c1cc(Nc2cccc(C(F)(F)F)c2)ncc1C(=O)NCC1CCCC1. The van der Waals surface area contributed by atoms with Crippen LogP contribution in [0.4, 0.5) is 24.7 Å². The Bertz CT molecular complexity index is 859. The third-order valence-electron chi connectivity index (χ3n) is 5.29. The van der Waals surface area contributed by atoms with Crippen LogP contribution in [0.2, 0.25) is 0 Å². The number of hydrogen-bond acceptors (Lipinski definition) is 3. The van der Waals surface area contributed by atoms with Crippen molar-refractivity contribution in [3.63, 3.8) is 0 Å². The summed E-state index contributed by atoms with van der Waals surface area (Å²) in [6, 6.07) is 6.69. The summed E-state index contributed by atoms with van der Waals surface area (Å²) >= 11 is 0. The van der Waals surface area contributed by atoms with Crippen molar-refractivity contribution in [2.24, 2.45) is 5.92 Å². The van der Waals surface area contributed by atoms with E-state index in [1.165, 1.54) is 25.1 Å². The minimum absolute atomic E-state index is 0.0623. The maximum atomic E-state index is 12.9. The number of carbonyl (C=O) groups excluding carboxylic acids is 1. The van der Waals surface area contributed by atoms with E-state index in [1.807, 2.05) is 13.8 Å². The highest BCUT2D eigenvalue weighted by Crippen LogP contribution is 2.32. The number of pyridine rings is 1. The number of nitrogens with one attached hydrogen (secondary N) is 2. The monoisotopic (exact) mass is 405 g/mol. The maximum Gasteiger partial charge on any atom is 0.416 e. The first-order valence-electron chi connectivity index (χ1n) is 9.96. The molecule has 1 amide bonds. The van der Waals surface area contributed by atoms with Crippen LogP contribution in [-0.2, 0) is 6.18 Å². The average Bonchev–Trinajstić information content (AvgIpc) is 3.19. The molecule has 0 atom stereocenters. The summed E-state index contributed by atoms with van der Waals surface area (Å²) in [5, 5.41) is 5.92. The van der Waals surface area contributed by atoms with Gasteiger partial charge in [0.15, 0.2) is 0 Å². The van der Waals surface area contributed by atoms with Crippen molar-refractivity contribution in [1.82, 2.24) is 10.3 Å². The number of aromatic nitrogens is 1. The second-order valence-corrected chi connectivity index (χ2v) is 7.88. The van der Waals surface area contributed by atoms with Crippen LogP contribution in [0.15, 0.2) is 36.5 Å². The summed E-state index contributed by atoms with van der Waals surface area (Å²) in [4.78, 5) is 16.9. The molecule has 0 saturated heterocycles. The maximum absolute atomic E-state index is 12.9. The van der Waals surface area contributed by atoms with E-state index >= 15 is 0 Å². The van der Waals surface area contributed by atoms with E-state index in [0.29, 0.717) is 29.5 Å². The highest BCUT2D eigenvalue weighted by atomic mass is 19.4. The summed E-state index contributed by atoms with van der Waals surface area (Å²) in [6.07, 6.45) is 1.82. The van der Waals surface area contributed by atoms with Gasteiger partial charge in [0, 0.05) is 18.4 Å². The number of benzene rings is 1. The van der Waals surface area contributed by atoms with Crippen LogP contribution in [0, 0.1) is 5.92 Å². The van der Waals surface area contributed by atoms with Gasteiger partial charge in [-0.1, -0.05) is 32.8 Å². The van der Waals surface area contributed by atoms with Gasteiger partial charge in [0.05, 0.1) is 11.1 Å². The molecule has 2 N–H and O–H groups in total. The molecule has 1 aromatic carbocycles. The van der Waals surface area contributed by atoms with E-state index in [4.69, 9.17) is 0 Å². The molecule has 1 saturated carbocycles. The number of nitrogens with zero attached hydrogens (tertiary/aromatic N) is 1. The van der Waals surface area contributed by atoms with Gasteiger partial charge in [-0.05, 0) is 54.5 Å². The Morgan fingerprint density at radius 2 is 1.93 bits per heavy atom. The molecule has 1 aromatic heterocycles. The molecule has 4 nitrogen and oxygen atoms in total. The van der Waals surface area contributed by atoms with Crippen LogP contribution < -0.4 is 10.6 Å². The quantitative estimate of drug-likeness (QED) is 0.630. The van der Waals surface area contributed by atoms with E-state index < -0.39 is 11.7 Å². The molecule has 1 aliphatic rings. The molecular weight excluding hydrogens is 379 g/mol. The number of alkyl halides is 3. The summed E-state index contributed by atoms with van der Waals surface area (Å²) in [5.41, 5.74) is 0.876. The fourth-order valence-corrected chi connectivity index (χ4v) is 3.67. The topological polar surface area (TPSA) is 54.0 Å². The molecule has 0 radical (unpaired) electrons. The summed E-state index contributed by atoms with van der Waals surface area (Å²) in [5.74, 6) is 0.850. The van der Waals surface area contributed by atoms with Gasteiger partial charge in [-0.25, -0.2) is 4.98 Å². The Hall–Kier alpha value is -2.57. The summed E-state index contributed by atoms with van der Waals surface area (Å²) in [6.45, 7) is 4.61. The lowest BCUT2D eigenvalue weighted by Gasteiger charge is -2.16. The van der Waals surface area contributed by atoms with Crippen molar-refractivity contribution >= 4 is 17.4 Å². The number of anilines is 2. The third kappa shape index (κ3) is 5.49. The molecule has 0 bridgehead atoms. The lowest BCUT2D eigenvalue weighted by Crippen LogP contribution is -2.29.